The molecule has 6 aliphatic heterocycles. The number of carbonyl (C=O) groups excluding carboxylic acids is 2. The van der Waals surface area contributed by atoms with Crippen molar-refractivity contribution in [1.82, 2.24) is 30.4 Å². The van der Waals surface area contributed by atoms with E-state index in [2.05, 4.69) is 55.7 Å². The van der Waals surface area contributed by atoms with E-state index in [1.54, 1.807) is 26.6 Å². The van der Waals surface area contributed by atoms with Gasteiger partial charge in [-0.05, 0) is 137 Å². The minimum Gasteiger partial charge on any atom is -0.497 e. The second-order valence-corrected chi connectivity index (χ2v) is 17.5. The fourth-order valence-electron chi connectivity index (χ4n) is 11.1. The lowest BCUT2D eigenvalue weighted by Crippen LogP contribution is -2.56. The number of alkyl carbamates (subject to hydrolysis) is 2. The summed E-state index contributed by atoms with van der Waals surface area (Å²) in [5, 5.41) is 8.25. The van der Waals surface area contributed by atoms with Gasteiger partial charge in [-0.15, -0.1) is 13.2 Å². The summed E-state index contributed by atoms with van der Waals surface area (Å²) < 4.78 is 24.2. The number of ether oxygens (including phenoxy) is 4. The molecule has 2 aromatic heterocycles. The Balaban J connectivity index is 0.866. The highest BCUT2D eigenvalue weighted by atomic mass is 16.6. The third-order valence-electron chi connectivity index (χ3n) is 14.4. The molecule has 2 amide bonds. The number of amides is 2. The van der Waals surface area contributed by atoms with Gasteiger partial charge in [0.2, 0.25) is 0 Å². The van der Waals surface area contributed by atoms with Gasteiger partial charge in [0, 0.05) is 59.5 Å². The summed E-state index contributed by atoms with van der Waals surface area (Å²) >= 11 is 0. The average Bonchev–Trinajstić information content (AvgIpc) is 3.30. The van der Waals surface area contributed by atoms with E-state index in [-0.39, 0.29) is 24.2 Å². The molecule has 7 fully saturated rings. The van der Waals surface area contributed by atoms with E-state index in [0.29, 0.717) is 49.4 Å². The van der Waals surface area contributed by atoms with E-state index < -0.39 is 24.4 Å². The lowest BCUT2D eigenvalue weighted by Gasteiger charge is -2.51. The van der Waals surface area contributed by atoms with E-state index in [0.717, 1.165) is 96.3 Å². The first-order chi connectivity index (χ1) is 29.3. The number of methoxy groups -OCH3 is 2. The van der Waals surface area contributed by atoms with Crippen LogP contribution in [0.15, 0.2) is 86.2 Å². The van der Waals surface area contributed by atoms with E-state index in [9.17, 15) is 9.59 Å². The van der Waals surface area contributed by atoms with Crippen LogP contribution in [0.5, 0.6) is 11.5 Å². The van der Waals surface area contributed by atoms with E-state index in [4.69, 9.17) is 18.9 Å². The number of carbonyl (C=O) groups is 2. The molecule has 8 heterocycles. The van der Waals surface area contributed by atoms with E-state index in [1.165, 1.54) is 0 Å². The van der Waals surface area contributed by atoms with Crippen molar-refractivity contribution in [3.63, 3.8) is 0 Å². The van der Waals surface area contributed by atoms with Crippen LogP contribution in [0.1, 0.15) is 74.7 Å². The number of aromatic nitrogens is 2. The molecule has 2 unspecified atom stereocenters. The van der Waals surface area contributed by atoms with Crippen molar-refractivity contribution >= 4 is 34.0 Å². The molecule has 316 valence electrons. The Morgan fingerprint density at radius 1 is 0.667 bits per heavy atom. The van der Waals surface area contributed by atoms with Gasteiger partial charge in [-0.25, -0.2) is 9.59 Å². The molecule has 6 saturated heterocycles. The number of hydrogen-bond acceptors (Lipinski definition) is 10. The molecule has 0 radical (unpaired) electrons. The maximum atomic E-state index is 13.9. The van der Waals surface area contributed by atoms with Crippen molar-refractivity contribution in [2.75, 3.05) is 40.4 Å². The summed E-state index contributed by atoms with van der Waals surface area (Å²) in [5.41, 5.74) is 3.53. The molecule has 1 aliphatic carbocycles. The van der Waals surface area contributed by atoms with Crippen LogP contribution < -0.4 is 20.1 Å². The van der Waals surface area contributed by atoms with Crippen LogP contribution in [-0.4, -0.2) is 96.5 Å². The molecule has 2 N–H and O–H groups in total. The van der Waals surface area contributed by atoms with Gasteiger partial charge in [0.1, 0.15) is 23.7 Å². The fourth-order valence-corrected chi connectivity index (χ4v) is 11.1. The molecular formula is C48H58N6O6. The molecule has 4 bridgehead atoms. The molecule has 11 rings (SSSR count). The first-order valence-electron chi connectivity index (χ1n) is 21.8. The number of fused-ring (bicyclic) bond motifs is 8. The van der Waals surface area contributed by atoms with Gasteiger partial charge in [-0.3, -0.25) is 19.8 Å². The number of hydrogen-bond donors (Lipinski definition) is 2. The SMILES string of the molecule is C=C[C@H]1CN2CC[C@H]1C[C@@H]2[C@@H](OC(=O)NC1CCC(NC(=O)O[C@@H](c2ccnc3ccc(OC)cc23)[C@H]2C[C@@H]3CCN2C[C@@H]3C=C)CC1)c1ccnc2ccc(OC)cc12. The first-order valence-corrected chi connectivity index (χ1v) is 21.8. The number of nitrogens with zero attached hydrogens (tertiary/aromatic N) is 4. The van der Waals surface area contributed by atoms with Crippen molar-refractivity contribution in [3.8, 4) is 11.5 Å². The Labute approximate surface area is 352 Å². The first kappa shape index (κ1) is 40.2. The molecule has 12 nitrogen and oxygen atoms in total. The Kier molecular flexibility index (Phi) is 11.7. The zero-order chi connectivity index (χ0) is 41.3. The fraction of sp³-hybridized carbons (Fsp3) is 0.500. The molecule has 10 atom stereocenters. The van der Waals surface area contributed by atoms with Gasteiger partial charge < -0.3 is 29.6 Å². The van der Waals surface area contributed by atoms with Crippen LogP contribution in [0.25, 0.3) is 21.8 Å². The largest absolute Gasteiger partial charge is 0.497 e. The second kappa shape index (κ2) is 17.4. The highest BCUT2D eigenvalue weighted by Gasteiger charge is 2.46. The van der Waals surface area contributed by atoms with Gasteiger partial charge in [-0.2, -0.15) is 0 Å². The second-order valence-electron chi connectivity index (χ2n) is 17.5. The van der Waals surface area contributed by atoms with Crippen LogP contribution in [0, 0.1) is 23.7 Å². The molecule has 12 heteroatoms. The Morgan fingerprint density at radius 2 is 1.10 bits per heavy atom. The number of benzene rings is 2. The number of nitrogens with one attached hydrogen (secondary N) is 2. The average molecular weight is 815 g/mol. The topological polar surface area (TPSA) is 127 Å². The van der Waals surface area contributed by atoms with Gasteiger partial charge >= 0.3 is 12.2 Å². The van der Waals surface area contributed by atoms with Crippen molar-refractivity contribution in [1.29, 1.82) is 0 Å². The van der Waals surface area contributed by atoms with Gasteiger partial charge in [-0.1, -0.05) is 12.2 Å². The monoisotopic (exact) mass is 814 g/mol. The molecule has 60 heavy (non-hydrogen) atoms. The lowest BCUT2D eigenvalue weighted by atomic mass is 9.73. The van der Waals surface area contributed by atoms with E-state index in [1.807, 2.05) is 48.5 Å². The quantitative estimate of drug-likeness (QED) is 0.135. The van der Waals surface area contributed by atoms with E-state index >= 15 is 0 Å². The third kappa shape index (κ3) is 8.03. The predicted octanol–water partition coefficient (Wildman–Crippen LogP) is 8.14. The molecule has 4 aromatic rings. The van der Waals surface area contributed by atoms with Gasteiger partial charge in [0.15, 0.2) is 0 Å². The molecule has 1 saturated carbocycles. The predicted molar refractivity (Wildman–Crippen MR) is 231 cm³/mol. The maximum Gasteiger partial charge on any atom is 0.408 e. The molecule has 0 spiro atoms. The van der Waals surface area contributed by atoms with Crippen LogP contribution in [0.3, 0.4) is 0 Å². The molecule has 7 aliphatic rings. The van der Waals surface area contributed by atoms with Crippen LogP contribution in [0.2, 0.25) is 0 Å². The minimum absolute atomic E-state index is 0.0356. The highest BCUT2D eigenvalue weighted by molar-refractivity contribution is 5.85. The number of pyridine rings is 2. The van der Waals surface area contributed by atoms with Crippen LogP contribution in [0.4, 0.5) is 9.59 Å². The normalized spacial score (nSPS) is 30.5. The highest BCUT2D eigenvalue weighted by Crippen LogP contribution is 2.45. The Bertz CT molecular complexity index is 2070. The third-order valence-corrected chi connectivity index (χ3v) is 14.4. The summed E-state index contributed by atoms with van der Waals surface area (Å²) in [7, 11) is 3.31. The van der Waals surface area contributed by atoms with Crippen molar-refractivity contribution in [3.05, 3.63) is 97.4 Å². The van der Waals surface area contributed by atoms with Crippen molar-refractivity contribution < 1.29 is 28.5 Å². The number of piperidine rings is 6. The standard InChI is InChI=1S/C48H58N6O6/c1-5-29-27-53-21-17-31(29)23-43(53)45(37-15-19-49-41-13-11-35(57-3)25-39(37)41)59-47(55)51-33-7-9-34(10-8-33)52-48(56)60-46(44-24-32-18-22-54(44)28-30(32)6-2)38-16-20-50-42-14-12-36(58-4)26-40(38)42/h5-6,11-16,19-20,25-26,29-34,43-46H,1-2,7-10,17-18,21-24,27-28H2,3-4H3,(H,51,55)(H,52,56)/t29-,30-,31-,32-,33?,34?,43+,44+,45-,46-/m0/s1. The zero-order valence-electron chi connectivity index (χ0n) is 34.8. The van der Waals surface area contributed by atoms with Crippen LogP contribution >= 0.6 is 0 Å². The summed E-state index contributed by atoms with van der Waals surface area (Å²) in [4.78, 5) is 42.0. The summed E-state index contributed by atoms with van der Waals surface area (Å²) in [6.07, 6.45) is 12.9. The minimum atomic E-state index is -0.492. The molecule has 2 aromatic carbocycles. The van der Waals surface area contributed by atoms with Gasteiger partial charge in [0.25, 0.3) is 0 Å². The maximum absolute atomic E-state index is 13.9. The summed E-state index contributed by atoms with van der Waals surface area (Å²) in [5.74, 6) is 3.35. The Hall–Kier alpha value is -5.20. The van der Waals surface area contributed by atoms with Crippen molar-refractivity contribution in [2.45, 2.75) is 87.7 Å². The summed E-state index contributed by atoms with van der Waals surface area (Å²) in [6, 6.07) is 15.6. The Morgan fingerprint density at radius 3 is 1.47 bits per heavy atom. The van der Waals surface area contributed by atoms with Crippen LogP contribution in [-0.2, 0) is 9.47 Å². The summed E-state index contributed by atoms with van der Waals surface area (Å²) in [6.45, 7) is 12.0. The smallest absolute Gasteiger partial charge is 0.408 e. The number of rotatable bonds is 12. The van der Waals surface area contributed by atoms with Crippen molar-refractivity contribution in [2.24, 2.45) is 23.7 Å². The zero-order valence-corrected chi connectivity index (χ0v) is 34.8. The lowest BCUT2D eigenvalue weighted by molar-refractivity contribution is -0.0510. The molecular weight excluding hydrogens is 757 g/mol. The van der Waals surface area contributed by atoms with Gasteiger partial charge in [0.05, 0.1) is 37.3 Å².